The molecule has 0 spiro atoms. The molecule has 8 heteroatoms. The maximum atomic E-state index is 13.1. The second-order valence-corrected chi connectivity index (χ2v) is 9.11. The molecule has 1 aliphatic heterocycles. The zero-order chi connectivity index (χ0) is 22.6. The minimum Gasteiger partial charge on any atom is -0.473 e. The standard InChI is InChI=1S/C24H23N3O4S/c1-18-12-14-21(15-13-18)32(29,30)26-24(28)27(16-19-8-4-2-5-9-19)22-17-31-23(25-22)20-10-6-3-7-11-20/h2-15,22H,16-17H2,1H3,(H,26,28). The monoisotopic (exact) mass is 449 g/mol. The van der Waals surface area contributed by atoms with E-state index in [0.717, 1.165) is 16.7 Å². The zero-order valence-corrected chi connectivity index (χ0v) is 18.3. The molecule has 7 nitrogen and oxygen atoms in total. The van der Waals surface area contributed by atoms with E-state index in [0.29, 0.717) is 5.90 Å². The van der Waals surface area contributed by atoms with Crippen molar-refractivity contribution in [2.75, 3.05) is 6.61 Å². The fourth-order valence-electron chi connectivity index (χ4n) is 3.30. The third kappa shape index (κ3) is 4.97. The van der Waals surface area contributed by atoms with E-state index in [2.05, 4.69) is 9.71 Å². The van der Waals surface area contributed by atoms with Gasteiger partial charge in [0.15, 0.2) is 6.17 Å². The van der Waals surface area contributed by atoms with Gasteiger partial charge in [0.1, 0.15) is 6.61 Å². The first kappa shape index (κ1) is 21.6. The number of urea groups is 1. The van der Waals surface area contributed by atoms with Gasteiger partial charge in [-0.3, -0.25) is 4.90 Å². The van der Waals surface area contributed by atoms with E-state index in [1.165, 1.54) is 17.0 Å². The molecule has 1 unspecified atom stereocenters. The first-order valence-corrected chi connectivity index (χ1v) is 11.6. The second kappa shape index (κ2) is 9.23. The van der Waals surface area contributed by atoms with E-state index in [1.54, 1.807) is 12.1 Å². The predicted molar refractivity (Wildman–Crippen MR) is 122 cm³/mol. The summed E-state index contributed by atoms with van der Waals surface area (Å²) in [6, 6.07) is 24.2. The van der Waals surface area contributed by atoms with Gasteiger partial charge in [0.05, 0.1) is 4.90 Å². The van der Waals surface area contributed by atoms with Crippen LogP contribution in [-0.4, -0.2) is 38.0 Å². The van der Waals surface area contributed by atoms with E-state index in [1.807, 2.05) is 67.6 Å². The molecule has 0 saturated heterocycles. The Bertz CT molecular complexity index is 1210. The number of benzene rings is 3. The number of aliphatic imine (C=N–C) groups is 1. The first-order chi connectivity index (χ1) is 15.4. The first-order valence-electron chi connectivity index (χ1n) is 10.1. The van der Waals surface area contributed by atoms with Crippen molar-refractivity contribution in [3.63, 3.8) is 0 Å². The SMILES string of the molecule is Cc1ccc(S(=O)(=O)NC(=O)N(Cc2ccccc2)C2COC(c3ccccc3)=N2)cc1. The Hall–Kier alpha value is -3.65. The molecule has 1 aliphatic rings. The predicted octanol–water partition coefficient (Wildman–Crippen LogP) is 3.70. The van der Waals surface area contributed by atoms with Crippen LogP contribution in [0.25, 0.3) is 0 Å². The van der Waals surface area contributed by atoms with Gasteiger partial charge >= 0.3 is 6.03 Å². The lowest BCUT2D eigenvalue weighted by Crippen LogP contribution is -2.47. The number of amides is 2. The van der Waals surface area contributed by atoms with Crippen molar-refractivity contribution in [1.29, 1.82) is 0 Å². The number of nitrogens with zero attached hydrogens (tertiary/aromatic N) is 2. The molecule has 0 bridgehead atoms. The summed E-state index contributed by atoms with van der Waals surface area (Å²) in [5.41, 5.74) is 2.56. The van der Waals surface area contributed by atoms with Crippen LogP contribution in [0.15, 0.2) is 94.8 Å². The molecule has 1 N–H and O–H groups in total. The van der Waals surface area contributed by atoms with Crippen LogP contribution in [0, 0.1) is 6.92 Å². The Morgan fingerprint density at radius 1 is 1.00 bits per heavy atom. The second-order valence-electron chi connectivity index (χ2n) is 7.43. The Balaban J connectivity index is 1.60. The highest BCUT2D eigenvalue weighted by molar-refractivity contribution is 7.90. The third-order valence-corrected chi connectivity index (χ3v) is 6.36. The summed E-state index contributed by atoms with van der Waals surface area (Å²) in [6.07, 6.45) is -0.668. The van der Waals surface area contributed by atoms with Crippen LogP contribution in [0.5, 0.6) is 0 Å². The molecule has 32 heavy (non-hydrogen) atoms. The fraction of sp³-hybridized carbons (Fsp3) is 0.167. The Labute approximate surface area is 187 Å². The van der Waals surface area contributed by atoms with Crippen molar-refractivity contribution in [3.8, 4) is 0 Å². The number of sulfonamides is 1. The van der Waals surface area contributed by atoms with Crippen LogP contribution >= 0.6 is 0 Å². The van der Waals surface area contributed by atoms with Crippen molar-refractivity contribution in [3.05, 3.63) is 102 Å². The normalized spacial score (nSPS) is 15.5. The quantitative estimate of drug-likeness (QED) is 0.622. The number of ether oxygens (including phenoxy) is 1. The highest BCUT2D eigenvalue weighted by Gasteiger charge is 2.32. The minimum absolute atomic E-state index is 0.0206. The number of nitrogens with one attached hydrogen (secondary N) is 1. The molecule has 1 atom stereocenters. The summed E-state index contributed by atoms with van der Waals surface area (Å²) < 4.78 is 33.5. The fourth-order valence-corrected chi connectivity index (χ4v) is 4.26. The number of hydrogen-bond acceptors (Lipinski definition) is 5. The van der Waals surface area contributed by atoms with Gasteiger partial charge in [-0.25, -0.2) is 22.9 Å². The average Bonchev–Trinajstić information content (AvgIpc) is 3.28. The van der Waals surface area contributed by atoms with Crippen molar-refractivity contribution in [2.24, 2.45) is 4.99 Å². The van der Waals surface area contributed by atoms with Crippen LogP contribution in [0.1, 0.15) is 16.7 Å². The van der Waals surface area contributed by atoms with Gasteiger partial charge < -0.3 is 4.74 Å². The topological polar surface area (TPSA) is 88.1 Å². The summed E-state index contributed by atoms with van der Waals surface area (Å²) in [6.45, 7) is 2.17. The lowest BCUT2D eigenvalue weighted by molar-refractivity contribution is 0.158. The van der Waals surface area contributed by atoms with Gasteiger partial charge in [-0.15, -0.1) is 0 Å². The van der Waals surface area contributed by atoms with E-state index >= 15 is 0 Å². The van der Waals surface area contributed by atoms with Crippen LogP contribution in [0.2, 0.25) is 0 Å². The summed E-state index contributed by atoms with van der Waals surface area (Å²) in [7, 11) is -4.04. The Morgan fingerprint density at radius 3 is 2.28 bits per heavy atom. The van der Waals surface area contributed by atoms with Crippen molar-refractivity contribution in [2.45, 2.75) is 24.5 Å². The van der Waals surface area contributed by atoms with Gasteiger partial charge in [-0.1, -0.05) is 66.2 Å². The molecular weight excluding hydrogens is 426 g/mol. The van der Waals surface area contributed by atoms with E-state index in [4.69, 9.17) is 4.74 Å². The number of rotatable bonds is 6. The molecule has 0 aromatic heterocycles. The number of carbonyl (C=O) groups excluding carboxylic acids is 1. The average molecular weight is 450 g/mol. The van der Waals surface area contributed by atoms with E-state index < -0.39 is 22.2 Å². The summed E-state index contributed by atoms with van der Waals surface area (Å²) in [4.78, 5) is 19.1. The van der Waals surface area contributed by atoms with Gasteiger partial charge in [-0.05, 0) is 36.8 Å². The van der Waals surface area contributed by atoms with Crippen molar-refractivity contribution < 1.29 is 17.9 Å². The summed E-state index contributed by atoms with van der Waals surface area (Å²) >= 11 is 0. The molecule has 0 fully saturated rings. The molecule has 164 valence electrons. The van der Waals surface area contributed by atoms with Gasteiger partial charge in [0, 0.05) is 12.1 Å². The lowest BCUT2D eigenvalue weighted by Gasteiger charge is -2.26. The highest BCUT2D eigenvalue weighted by Crippen LogP contribution is 2.19. The lowest BCUT2D eigenvalue weighted by atomic mass is 10.2. The minimum atomic E-state index is -4.04. The molecule has 4 rings (SSSR count). The van der Waals surface area contributed by atoms with Gasteiger partial charge in [-0.2, -0.15) is 0 Å². The summed E-state index contributed by atoms with van der Waals surface area (Å²) in [5.74, 6) is 0.419. The van der Waals surface area contributed by atoms with Crippen molar-refractivity contribution in [1.82, 2.24) is 9.62 Å². The Kier molecular flexibility index (Phi) is 6.23. The van der Waals surface area contributed by atoms with Crippen LogP contribution < -0.4 is 4.72 Å². The number of aryl methyl sites for hydroxylation is 1. The smallest absolute Gasteiger partial charge is 0.333 e. The molecule has 3 aromatic carbocycles. The third-order valence-electron chi connectivity index (χ3n) is 5.03. The maximum absolute atomic E-state index is 13.1. The number of hydrogen-bond donors (Lipinski definition) is 1. The zero-order valence-electron chi connectivity index (χ0n) is 17.5. The molecule has 0 radical (unpaired) electrons. The molecule has 2 amide bonds. The van der Waals surface area contributed by atoms with Crippen LogP contribution in [-0.2, 0) is 21.3 Å². The van der Waals surface area contributed by atoms with Gasteiger partial charge in [0.2, 0.25) is 5.90 Å². The molecule has 3 aromatic rings. The van der Waals surface area contributed by atoms with Crippen LogP contribution in [0.4, 0.5) is 4.79 Å². The molecular formula is C24H23N3O4S. The Morgan fingerprint density at radius 2 is 1.62 bits per heavy atom. The molecule has 0 aliphatic carbocycles. The van der Waals surface area contributed by atoms with Gasteiger partial charge in [0.25, 0.3) is 10.0 Å². The van der Waals surface area contributed by atoms with Crippen LogP contribution in [0.3, 0.4) is 0 Å². The molecule has 1 heterocycles. The largest absolute Gasteiger partial charge is 0.473 e. The summed E-state index contributed by atoms with van der Waals surface area (Å²) in [5, 5.41) is 0. The van der Waals surface area contributed by atoms with E-state index in [9.17, 15) is 13.2 Å². The number of carbonyl (C=O) groups is 1. The molecule has 0 saturated carbocycles. The van der Waals surface area contributed by atoms with E-state index in [-0.39, 0.29) is 18.0 Å². The maximum Gasteiger partial charge on any atom is 0.333 e. The highest BCUT2D eigenvalue weighted by atomic mass is 32.2. The van der Waals surface area contributed by atoms with Crippen molar-refractivity contribution >= 4 is 22.0 Å².